The molecule has 3 aromatic rings. The summed E-state index contributed by atoms with van der Waals surface area (Å²) in [4.78, 5) is -2.39. The molecular weight excluding hydrogens is 562 g/mol. The van der Waals surface area contributed by atoms with Gasteiger partial charge in [-0.3, -0.25) is 9.11 Å². The Morgan fingerprint density at radius 3 is 2.14 bits per heavy atom. The van der Waals surface area contributed by atoms with Crippen LogP contribution >= 0.6 is 12.0 Å². The zero-order valence-electron chi connectivity index (χ0n) is 17.5. The molecule has 0 atom stereocenters. The second kappa shape index (κ2) is 10.2. The first-order valence-corrected chi connectivity index (χ1v) is 14.3. The van der Waals surface area contributed by atoms with Crippen LogP contribution in [0.3, 0.4) is 0 Å². The molecule has 0 fully saturated rings. The van der Waals surface area contributed by atoms with Crippen LogP contribution in [0.25, 0.3) is 10.8 Å². The van der Waals surface area contributed by atoms with E-state index in [-0.39, 0.29) is 34.2 Å². The molecule has 0 aliphatic heterocycles. The minimum Gasteiger partial charge on any atom is -0.397 e. The van der Waals surface area contributed by atoms with Gasteiger partial charge in [-0.15, -0.1) is 14.6 Å². The van der Waals surface area contributed by atoms with Gasteiger partial charge >= 0.3 is 0 Å². The maximum Gasteiger partial charge on any atom is 0.296 e. The minimum atomic E-state index is -5.02. The van der Waals surface area contributed by atoms with Gasteiger partial charge in [-0.25, -0.2) is 13.7 Å². The summed E-state index contributed by atoms with van der Waals surface area (Å²) in [6.45, 7) is 3.17. The van der Waals surface area contributed by atoms with Crippen molar-refractivity contribution in [2.45, 2.75) is 19.6 Å². The van der Waals surface area contributed by atoms with Crippen molar-refractivity contribution < 1.29 is 49.0 Å². The lowest BCUT2D eigenvalue weighted by Gasteiger charge is -2.11. The third-order valence-corrected chi connectivity index (χ3v) is 8.50. The van der Waals surface area contributed by atoms with Crippen molar-refractivity contribution in [3.05, 3.63) is 54.5 Å². The standard InChI is InChI=1S/C18H15N3O11S4/c1-2-34(23,24)17-8-13(16(36(28,29)30)9-14(17)33-32-31-22)20-21-18-11-4-3-5-15(35(25,26)27)10(11)6-7-12(18)19/h2-9,22H,1,19H2,(H,25,26,27)(H,28,29,30). The molecule has 3 rings (SSSR count). The smallest absolute Gasteiger partial charge is 0.296 e. The predicted molar refractivity (Wildman–Crippen MR) is 127 cm³/mol. The lowest BCUT2D eigenvalue weighted by Crippen LogP contribution is -2.04. The van der Waals surface area contributed by atoms with E-state index in [2.05, 4.69) is 26.2 Å². The largest absolute Gasteiger partial charge is 0.397 e. The summed E-state index contributed by atoms with van der Waals surface area (Å²) in [5.74, 6) is 0. The number of rotatable bonds is 9. The van der Waals surface area contributed by atoms with Crippen LogP contribution in [0.2, 0.25) is 0 Å². The summed E-state index contributed by atoms with van der Waals surface area (Å²) >= 11 is 0.103. The molecule has 0 spiro atoms. The maximum absolute atomic E-state index is 12.5. The van der Waals surface area contributed by atoms with Gasteiger partial charge in [0.2, 0.25) is 9.84 Å². The molecule has 0 saturated carbocycles. The third kappa shape index (κ3) is 5.72. The molecule has 5 N–H and O–H groups in total. The molecule has 0 heterocycles. The summed E-state index contributed by atoms with van der Waals surface area (Å²) < 4.78 is 95.7. The average Bonchev–Trinajstić information content (AvgIpc) is 2.80. The van der Waals surface area contributed by atoms with Crippen LogP contribution in [0.4, 0.5) is 17.1 Å². The summed E-state index contributed by atoms with van der Waals surface area (Å²) in [6.07, 6.45) is 0. The van der Waals surface area contributed by atoms with Crippen LogP contribution < -0.4 is 5.73 Å². The maximum atomic E-state index is 12.5. The van der Waals surface area contributed by atoms with E-state index in [1.165, 1.54) is 24.3 Å². The van der Waals surface area contributed by atoms with Crippen LogP contribution in [0.15, 0.2) is 84.3 Å². The van der Waals surface area contributed by atoms with Gasteiger partial charge in [0.25, 0.3) is 20.2 Å². The number of nitrogens with two attached hydrogens (primary N) is 1. The Morgan fingerprint density at radius 1 is 0.889 bits per heavy atom. The number of sulfone groups is 1. The fraction of sp³-hybridized carbons (Fsp3) is 0. The van der Waals surface area contributed by atoms with Gasteiger partial charge in [0.15, 0.2) is 0 Å². The monoisotopic (exact) mass is 577 g/mol. The molecule has 0 amide bonds. The lowest BCUT2D eigenvalue weighted by molar-refractivity contribution is -0.432. The van der Waals surface area contributed by atoms with E-state index >= 15 is 0 Å². The third-order valence-electron chi connectivity index (χ3n) is 4.54. The van der Waals surface area contributed by atoms with Gasteiger partial charge in [0, 0.05) is 16.2 Å². The van der Waals surface area contributed by atoms with Crippen LogP contribution in [0.5, 0.6) is 0 Å². The highest BCUT2D eigenvalue weighted by atomic mass is 32.2. The number of hydrogen-bond donors (Lipinski definition) is 4. The molecule has 0 aromatic heterocycles. The fourth-order valence-electron chi connectivity index (χ4n) is 3.01. The van der Waals surface area contributed by atoms with E-state index in [0.29, 0.717) is 11.5 Å². The molecular formula is C18H15N3O11S4. The second-order valence-electron chi connectivity index (χ2n) is 6.71. The molecule has 14 nitrogen and oxygen atoms in total. The number of nitrogen functional groups attached to an aromatic ring is 1. The van der Waals surface area contributed by atoms with Crippen LogP contribution in [-0.2, 0) is 39.4 Å². The number of nitrogens with zero attached hydrogens (tertiary/aromatic N) is 2. The van der Waals surface area contributed by atoms with E-state index in [0.717, 1.165) is 12.1 Å². The molecule has 0 saturated heterocycles. The van der Waals surface area contributed by atoms with Gasteiger partial charge < -0.3 is 5.73 Å². The van der Waals surface area contributed by atoms with E-state index in [1.807, 2.05) is 0 Å². The highest BCUT2D eigenvalue weighted by Gasteiger charge is 2.25. The first-order valence-electron chi connectivity index (χ1n) is 9.09. The zero-order chi connectivity index (χ0) is 26.9. The van der Waals surface area contributed by atoms with E-state index in [4.69, 9.17) is 11.0 Å². The Morgan fingerprint density at radius 2 is 1.56 bits per heavy atom. The second-order valence-corrected chi connectivity index (χ2v) is 12.1. The molecule has 0 unspecified atom stereocenters. The molecule has 0 aliphatic rings. The van der Waals surface area contributed by atoms with Crippen LogP contribution in [-0.4, -0.2) is 39.6 Å². The van der Waals surface area contributed by atoms with Crippen molar-refractivity contribution in [1.29, 1.82) is 0 Å². The minimum absolute atomic E-state index is 0.0148. The number of anilines is 1. The van der Waals surface area contributed by atoms with E-state index in [9.17, 15) is 34.4 Å². The zero-order valence-corrected chi connectivity index (χ0v) is 20.8. The summed E-state index contributed by atoms with van der Waals surface area (Å²) in [6, 6.07) is 7.79. The number of fused-ring (bicyclic) bond motifs is 1. The SMILES string of the molecule is C=CS(=O)(=O)c1cc(N=Nc2c(N)ccc3c(S(=O)(=O)O)cccc23)c(S(=O)(=O)O)cc1SOOO. The van der Waals surface area contributed by atoms with Crippen molar-refractivity contribution in [2.75, 3.05) is 5.73 Å². The Kier molecular flexibility index (Phi) is 7.83. The quantitative estimate of drug-likeness (QED) is 0.0710. The van der Waals surface area contributed by atoms with Crippen molar-refractivity contribution in [1.82, 2.24) is 0 Å². The Bertz CT molecular complexity index is 1720. The van der Waals surface area contributed by atoms with Crippen molar-refractivity contribution in [3.63, 3.8) is 0 Å². The summed E-state index contributed by atoms with van der Waals surface area (Å²) in [5.41, 5.74) is 5.09. The normalized spacial score (nSPS) is 12.9. The van der Waals surface area contributed by atoms with Crippen molar-refractivity contribution in [3.8, 4) is 0 Å². The van der Waals surface area contributed by atoms with Gasteiger partial charge in [0.1, 0.15) is 21.2 Å². The molecule has 0 radical (unpaired) electrons. The summed E-state index contributed by atoms with van der Waals surface area (Å²) in [5, 5.41) is 20.0. The molecule has 3 aromatic carbocycles. The molecule has 18 heteroatoms. The fourth-order valence-corrected chi connectivity index (χ4v) is 6.08. The van der Waals surface area contributed by atoms with Gasteiger partial charge in [-0.05, 0) is 24.3 Å². The van der Waals surface area contributed by atoms with Crippen molar-refractivity contribution >= 4 is 70.0 Å². The van der Waals surface area contributed by atoms with Crippen molar-refractivity contribution in [2.24, 2.45) is 10.2 Å². The van der Waals surface area contributed by atoms with Gasteiger partial charge in [-0.2, -0.15) is 16.8 Å². The number of hydrogen-bond acceptors (Lipinski definition) is 13. The topological polar surface area (TPSA) is 232 Å². The highest BCUT2D eigenvalue weighted by molar-refractivity contribution is 7.97. The molecule has 192 valence electrons. The average molecular weight is 578 g/mol. The molecule has 0 bridgehead atoms. The summed E-state index contributed by atoms with van der Waals surface area (Å²) in [7, 11) is -13.9. The van der Waals surface area contributed by atoms with E-state index < -0.39 is 55.3 Å². The van der Waals surface area contributed by atoms with Gasteiger partial charge in [-0.1, -0.05) is 29.8 Å². The van der Waals surface area contributed by atoms with Gasteiger partial charge in [0.05, 0.1) is 27.5 Å². The molecule has 0 aliphatic carbocycles. The van der Waals surface area contributed by atoms with Crippen LogP contribution in [0, 0.1) is 0 Å². The lowest BCUT2D eigenvalue weighted by atomic mass is 10.1. The Labute approximate surface area is 208 Å². The number of azo groups is 1. The van der Waals surface area contributed by atoms with Crippen LogP contribution in [0.1, 0.15) is 0 Å². The highest BCUT2D eigenvalue weighted by Crippen LogP contribution is 2.40. The predicted octanol–water partition coefficient (Wildman–Crippen LogP) is 3.68. The Balaban J connectivity index is 2.32. The van der Waals surface area contributed by atoms with E-state index in [1.54, 1.807) is 0 Å². The first-order chi connectivity index (χ1) is 16.7. The Hall–Kier alpha value is -2.94. The number of benzene rings is 3. The first kappa shape index (κ1) is 27.6. The molecule has 36 heavy (non-hydrogen) atoms.